The van der Waals surface area contributed by atoms with E-state index in [9.17, 15) is 0 Å². The van der Waals surface area contributed by atoms with E-state index in [2.05, 4.69) is 44.9 Å². The third-order valence-electron chi connectivity index (χ3n) is 1.49. The summed E-state index contributed by atoms with van der Waals surface area (Å²) in [6.07, 6.45) is 2.11. The van der Waals surface area contributed by atoms with E-state index in [-0.39, 0.29) is 0 Å². The topological polar surface area (TPSA) is 3.88 Å². The van der Waals surface area contributed by atoms with Crippen molar-refractivity contribution in [3.8, 4) is 0 Å². The Morgan fingerprint density at radius 1 is 1.60 bits per heavy atom. The van der Waals surface area contributed by atoms with E-state index >= 15 is 0 Å². The van der Waals surface area contributed by atoms with Gasteiger partial charge in [0.2, 0.25) is 5.03 Å². The molecular weight excluding hydrogens is 210 g/mol. The number of fused-ring (bicyclic) bond motifs is 1. The molecule has 0 N–H and O–H groups in total. The molecule has 1 aromatic heterocycles. The maximum absolute atomic E-state index is 3.56. The smallest absolute Gasteiger partial charge is 0.191 e. The number of alkyl halides is 1. The fourth-order valence-electron chi connectivity index (χ4n) is 1.04. The Balaban J connectivity index is 2.42. The molecular formula is C7H7BrNS+. The molecule has 1 nitrogen and oxygen atoms in total. The van der Waals surface area contributed by atoms with Crippen molar-refractivity contribution in [2.24, 2.45) is 0 Å². The number of aromatic nitrogens is 1. The molecule has 0 aromatic carbocycles. The van der Waals surface area contributed by atoms with Gasteiger partial charge in [-0.05, 0) is 17.8 Å². The average Bonchev–Trinajstić information content (AvgIpc) is 2.27. The fourth-order valence-corrected chi connectivity index (χ4v) is 2.85. The highest BCUT2D eigenvalue weighted by molar-refractivity contribution is 9.11. The maximum atomic E-state index is 3.56. The second-order valence-corrected chi connectivity index (χ2v) is 5.15. The highest BCUT2D eigenvalue weighted by Crippen LogP contribution is 2.29. The van der Waals surface area contributed by atoms with Crippen molar-refractivity contribution >= 4 is 27.7 Å². The summed E-state index contributed by atoms with van der Waals surface area (Å²) in [4.78, 5) is 0. The van der Waals surface area contributed by atoms with E-state index < -0.39 is 0 Å². The van der Waals surface area contributed by atoms with E-state index in [1.165, 1.54) is 5.03 Å². The van der Waals surface area contributed by atoms with Crippen LogP contribution in [0.2, 0.25) is 0 Å². The van der Waals surface area contributed by atoms with Crippen LogP contribution in [-0.4, -0.2) is 4.16 Å². The highest BCUT2D eigenvalue weighted by atomic mass is 79.9. The Kier molecular flexibility index (Phi) is 1.70. The number of nitrogens with zero attached hydrogens (tertiary/aromatic N) is 1. The van der Waals surface area contributed by atoms with Gasteiger partial charge in [-0.15, -0.1) is 0 Å². The van der Waals surface area contributed by atoms with Crippen molar-refractivity contribution in [3.05, 3.63) is 24.4 Å². The van der Waals surface area contributed by atoms with Crippen LogP contribution in [0.25, 0.3) is 0 Å². The summed E-state index contributed by atoms with van der Waals surface area (Å²) in [7, 11) is 0. The molecule has 1 aliphatic rings. The van der Waals surface area contributed by atoms with Gasteiger partial charge in [0.1, 0.15) is 4.16 Å². The van der Waals surface area contributed by atoms with Crippen LogP contribution in [0, 0.1) is 0 Å². The van der Waals surface area contributed by atoms with Crippen LogP contribution >= 0.6 is 27.7 Å². The van der Waals surface area contributed by atoms with Gasteiger partial charge in [-0.1, -0.05) is 15.9 Å². The molecule has 52 valence electrons. The molecule has 1 aliphatic heterocycles. The summed E-state index contributed by atoms with van der Waals surface area (Å²) in [5, 5.41) is 1.35. The molecule has 1 atom stereocenters. The lowest BCUT2D eigenvalue weighted by molar-refractivity contribution is -0.724. The van der Waals surface area contributed by atoms with E-state index in [0.29, 0.717) is 4.16 Å². The third kappa shape index (κ3) is 1.08. The molecule has 0 aliphatic carbocycles. The van der Waals surface area contributed by atoms with Crippen LogP contribution in [0.3, 0.4) is 0 Å². The molecule has 10 heavy (non-hydrogen) atoms. The van der Waals surface area contributed by atoms with Gasteiger partial charge in [0.05, 0.1) is 0 Å². The van der Waals surface area contributed by atoms with Crippen LogP contribution in [0.15, 0.2) is 29.4 Å². The van der Waals surface area contributed by atoms with Crippen molar-refractivity contribution in [2.45, 2.75) is 15.7 Å². The third-order valence-corrected chi connectivity index (χ3v) is 3.36. The minimum atomic E-state index is 0.565. The predicted molar refractivity (Wildman–Crippen MR) is 45.2 cm³/mol. The molecule has 3 heteroatoms. The van der Waals surface area contributed by atoms with Gasteiger partial charge < -0.3 is 0 Å². The molecule has 0 fully saturated rings. The number of thioether (sulfide) groups is 1. The summed E-state index contributed by atoms with van der Waals surface area (Å²) >= 11 is 5.43. The van der Waals surface area contributed by atoms with E-state index in [0.717, 1.165) is 6.54 Å². The Bertz CT molecular complexity index is 226. The highest BCUT2D eigenvalue weighted by Gasteiger charge is 2.26. The van der Waals surface area contributed by atoms with Gasteiger partial charge in [0.25, 0.3) is 0 Å². The Hall–Kier alpha value is -0.0200. The lowest BCUT2D eigenvalue weighted by Gasteiger charge is -1.85. The number of hydrogen-bond acceptors (Lipinski definition) is 1. The largest absolute Gasteiger partial charge is 0.241 e. The van der Waals surface area contributed by atoms with Crippen molar-refractivity contribution in [1.82, 2.24) is 0 Å². The van der Waals surface area contributed by atoms with Gasteiger partial charge in [-0.3, -0.25) is 0 Å². The van der Waals surface area contributed by atoms with Gasteiger partial charge in [-0.2, -0.15) is 4.57 Å². The standard InChI is InChI=1S/C7H7BrNS/c8-6-5-9-4-2-1-3-7(9)10-6/h1-4,6H,5H2/q+1. The summed E-state index contributed by atoms with van der Waals surface area (Å²) in [6, 6.07) is 6.28. The number of rotatable bonds is 0. The van der Waals surface area contributed by atoms with Crippen LogP contribution < -0.4 is 4.57 Å². The van der Waals surface area contributed by atoms with Crippen molar-refractivity contribution < 1.29 is 4.57 Å². The molecule has 0 radical (unpaired) electrons. The zero-order valence-electron chi connectivity index (χ0n) is 5.33. The second kappa shape index (κ2) is 2.55. The maximum Gasteiger partial charge on any atom is 0.241 e. The Labute approximate surface area is 72.6 Å². The molecule has 2 heterocycles. The quantitative estimate of drug-likeness (QED) is 0.473. The zero-order valence-corrected chi connectivity index (χ0v) is 7.73. The predicted octanol–water partition coefficient (Wildman–Crippen LogP) is 1.80. The Morgan fingerprint density at radius 2 is 2.50 bits per heavy atom. The van der Waals surface area contributed by atoms with E-state index in [4.69, 9.17) is 0 Å². The van der Waals surface area contributed by atoms with Gasteiger partial charge >= 0.3 is 0 Å². The SMILES string of the molecule is BrC1C[n+]2ccccc2S1. The molecule has 1 aromatic rings. The zero-order chi connectivity index (χ0) is 6.97. The average molecular weight is 217 g/mol. The Morgan fingerprint density at radius 3 is 3.30 bits per heavy atom. The van der Waals surface area contributed by atoms with Crippen LogP contribution in [0.1, 0.15) is 0 Å². The first-order valence-corrected chi connectivity index (χ1v) is 4.95. The molecule has 0 spiro atoms. The molecule has 2 rings (SSSR count). The summed E-state index contributed by atoms with van der Waals surface area (Å²) in [5.41, 5.74) is 0. The fraction of sp³-hybridized carbons (Fsp3) is 0.286. The van der Waals surface area contributed by atoms with E-state index in [1.54, 1.807) is 0 Å². The molecule has 0 saturated heterocycles. The van der Waals surface area contributed by atoms with E-state index in [1.807, 2.05) is 11.8 Å². The first kappa shape index (κ1) is 6.68. The monoisotopic (exact) mass is 216 g/mol. The lowest BCUT2D eigenvalue weighted by atomic mass is 10.5. The second-order valence-electron chi connectivity index (χ2n) is 2.22. The molecule has 0 saturated carbocycles. The van der Waals surface area contributed by atoms with Gasteiger partial charge in [0.15, 0.2) is 12.7 Å². The van der Waals surface area contributed by atoms with Crippen LogP contribution in [0.5, 0.6) is 0 Å². The lowest BCUT2D eigenvalue weighted by Crippen LogP contribution is -2.32. The van der Waals surface area contributed by atoms with Crippen molar-refractivity contribution in [3.63, 3.8) is 0 Å². The normalized spacial score (nSPS) is 22.7. The summed E-state index contributed by atoms with van der Waals surface area (Å²) in [5.74, 6) is 0. The molecule has 1 unspecified atom stereocenters. The van der Waals surface area contributed by atoms with Gasteiger partial charge in [-0.25, -0.2) is 0 Å². The molecule has 0 amide bonds. The van der Waals surface area contributed by atoms with Gasteiger partial charge in [0, 0.05) is 12.1 Å². The number of hydrogen-bond donors (Lipinski definition) is 0. The summed E-state index contributed by atoms with van der Waals surface area (Å²) < 4.78 is 2.82. The minimum Gasteiger partial charge on any atom is -0.191 e. The van der Waals surface area contributed by atoms with Crippen molar-refractivity contribution in [1.29, 1.82) is 0 Å². The summed E-state index contributed by atoms with van der Waals surface area (Å²) in [6.45, 7) is 1.08. The number of halogens is 1. The van der Waals surface area contributed by atoms with Crippen LogP contribution in [0.4, 0.5) is 0 Å². The first-order valence-electron chi connectivity index (χ1n) is 3.15. The molecule has 0 bridgehead atoms. The number of pyridine rings is 1. The minimum absolute atomic E-state index is 0.565. The van der Waals surface area contributed by atoms with Crippen molar-refractivity contribution in [2.75, 3.05) is 0 Å². The van der Waals surface area contributed by atoms with Crippen LogP contribution in [-0.2, 0) is 6.54 Å². The first-order chi connectivity index (χ1) is 4.86.